The zero-order chi connectivity index (χ0) is 19.2. The van der Waals surface area contributed by atoms with Crippen molar-refractivity contribution in [3.63, 3.8) is 0 Å². The van der Waals surface area contributed by atoms with Crippen molar-refractivity contribution >= 4 is 23.3 Å². The second kappa shape index (κ2) is 8.68. The number of rotatable bonds is 6. The molecule has 0 bridgehead atoms. The summed E-state index contributed by atoms with van der Waals surface area (Å²) < 4.78 is 11.3. The highest BCUT2D eigenvalue weighted by molar-refractivity contribution is 7.80. The molecule has 0 aliphatic carbocycles. The van der Waals surface area contributed by atoms with E-state index in [1.54, 1.807) is 6.92 Å². The van der Waals surface area contributed by atoms with E-state index in [9.17, 15) is 4.79 Å². The lowest BCUT2D eigenvalue weighted by Gasteiger charge is -2.30. The number of esters is 1. The van der Waals surface area contributed by atoms with Gasteiger partial charge in [-0.15, -0.1) is 0 Å². The van der Waals surface area contributed by atoms with E-state index < -0.39 is 6.04 Å². The summed E-state index contributed by atoms with van der Waals surface area (Å²) in [4.78, 5) is 12.5. The van der Waals surface area contributed by atoms with Gasteiger partial charge in [-0.2, -0.15) is 0 Å². The highest BCUT2D eigenvalue weighted by Gasteiger charge is 2.32. The van der Waals surface area contributed by atoms with Crippen LogP contribution in [0.3, 0.4) is 0 Å². The first-order valence-electron chi connectivity index (χ1n) is 8.81. The summed E-state index contributed by atoms with van der Waals surface area (Å²) >= 11 is 5.30. The molecule has 0 saturated carbocycles. The van der Waals surface area contributed by atoms with Gasteiger partial charge in [0.2, 0.25) is 0 Å². The number of carbonyl (C=O) groups is 1. The number of hydrogen-bond donors (Lipinski definition) is 2. The van der Waals surface area contributed by atoms with E-state index in [0.29, 0.717) is 35.3 Å². The molecule has 1 heterocycles. The van der Waals surface area contributed by atoms with Crippen LogP contribution in [0.1, 0.15) is 31.0 Å². The monoisotopic (exact) mass is 382 g/mol. The lowest BCUT2D eigenvalue weighted by molar-refractivity contribution is -0.139. The van der Waals surface area contributed by atoms with Gasteiger partial charge in [0.05, 0.1) is 18.2 Å². The van der Waals surface area contributed by atoms with Crippen molar-refractivity contribution in [2.45, 2.75) is 26.5 Å². The second-order valence-corrected chi connectivity index (χ2v) is 6.51. The standard InChI is InChI=1S/C21H22N2O3S/c1-3-25-20(24)18-14(2)22-21(27)23-19(18)16-11-7-8-12-17(16)26-13-15-9-5-4-6-10-15/h4-12,19H,3,13H2,1-2H3,(H2,22,23,27)/t19-/m0/s1. The summed E-state index contributed by atoms with van der Waals surface area (Å²) in [5, 5.41) is 6.64. The van der Waals surface area contributed by atoms with Gasteiger partial charge >= 0.3 is 5.97 Å². The third-order valence-corrected chi connectivity index (χ3v) is 4.45. The Morgan fingerprint density at radius 3 is 2.56 bits per heavy atom. The fourth-order valence-corrected chi connectivity index (χ4v) is 3.26. The summed E-state index contributed by atoms with van der Waals surface area (Å²) in [7, 11) is 0. The minimum Gasteiger partial charge on any atom is -0.489 e. The van der Waals surface area contributed by atoms with Crippen molar-refractivity contribution in [3.8, 4) is 5.75 Å². The molecule has 0 radical (unpaired) electrons. The SMILES string of the molecule is CCOC(=O)C1=C(C)NC(=S)N[C@H]1c1ccccc1OCc1ccccc1. The number of carbonyl (C=O) groups excluding carboxylic acids is 1. The van der Waals surface area contributed by atoms with Crippen molar-refractivity contribution in [1.82, 2.24) is 10.6 Å². The topological polar surface area (TPSA) is 59.6 Å². The molecule has 140 valence electrons. The van der Waals surface area contributed by atoms with E-state index >= 15 is 0 Å². The van der Waals surface area contributed by atoms with Crippen LogP contribution in [-0.2, 0) is 16.1 Å². The number of para-hydroxylation sites is 1. The fourth-order valence-electron chi connectivity index (χ4n) is 2.99. The van der Waals surface area contributed by atoms with Gasteiger partial charge in [0.1, 0.15) is 12.4 Å². The van der Waals surface area contributed by atoms with Crippen LogP contribution in [0.2, 0.25) is 0 Å². The van der Waals surface area contributed by atoms with E-state index in [1.165, 1.54) is 0 Å². The summed E-state index contributed by atoms with van der Waals surface area (Å²) in [6.45, 7) is 4.34. The molecule has 0 fully saturated rings. The van der Waals surface area contributed by atoms with Gasteiger partial charge in [0.25, 0.3) is 0 Å². The first-order valence-corrected chi connectivity index (χ1v) is 9.22. The molecule has 0 amide bonds. The maximum absolute atomic E-state index is 12.5. The maximum Gasteiger partial charge on any atom is 0.338 e. The number of ether oxygens (including phenoxy) is 2. The van der Waals surface area contributed by atoms with Gasteiger partial charge in [-0.25, -0.2) is 4.79 Å². The zero-order valence-electron chi connectivity index (χ0n) is 15.3. The lowest BCUT2D eigenvalue weighted by atomic mass is 9.95. The highest BCUT2D eigenvalue weighted by atomic mass is 32.1. The first kappa shape index (κ1) is 18.9. The second-order valence-electron chi connectivity index (χ2n) is 6.10. The van der Waals surface area contributed by atoms with Crippen molar-refractivity contribution in [2.75, 3.05) is 6.61 Å². The van der Waals surface area contributed by atoms with Gasteiger partial charge in [0, 0.05) is 11.3 Å². The van der Waals surface area contributed by atoms with Gasteiger partial charge in [-0.05, 0) is 37.7 Å². The normalized spacial score (nSPS) is 16.4. The smallest absolute Gasteiger partial charge is 0.338 e. The van der Waals surface area contributed by atoms with Crippen LogP contribution < -0.4 is 15.4 Å². The van der Waals surface area contributed by atoms with Crippen molar-refractivity contribution in [3.05, 3.63) is 77.0 Å². The molecule has 0 aromatic heterocycles. The van der Waals surface area contributed by atoms with Crippen LogP contribution in [0.4, 0.5) is 0 Å². The van der Waals surface area contributed by atoms with Crippen LogP contribution in [0.5, 0.6) is 5.75 Å². The lowest BCUT2D eigenvalue weighted by Crippen LogP contribution is -2.45. The van der Waals surface area contributed by atoms with E-state index in [4.69, 9.17) is 21.7 Å². The van der Waals surface area contributed by atoms with Crippen LogP contribution in [0.15, 0.2) is 65.9 Å². The predicted octanol–water partition coefficient (Wildman–Crippen LogP) is 3.62. The van der Waals surface area contributed by atoms with Crippen LogP contribution in [0, 0.1) is 0 Å². The number of allylic oxidation sites excluding steroid dienone is 1. The fraction of sp³-hybridized carbons (Fsp3) is 0.238. The molecular formula is C21H22N2O3S. The molecule has 1 aliphatic rings. The molecule has 5 nitrogen and oxygen atoms in total. The molecule has 1 atom stereocenters. The Hall–Kier alpha value is -2.86. The Kier molecular flexibility index (Phi) is 6.08. The van der Waals surface area contributed by atoms with Crippen LogP contribution >= 0.6 is 12.2 Å². The van der Waals surface area contributed by atoms with Crippen molar-refractivity contribution in [2.24, 2.45) is 0 Å². The van der Waals surface area contributed by atoms with Crippen LogP contribution in [-0.4, -0.2) is 17.7 Å². The summed E-state index contributed by atoms with van der Waals surface area (Å²) in [5.41, 5.74) is 3.08. The molecule has 0 spiro atoms. The van der Waals surface area contributed by atoms with Gasteiger partial charge < -0.3 is 20.1 Å². The molecule has 3 rings (SSSR count). The molecule has 27 heavy (non-hydrogen) atoms. The Labute approximate surface area is 164 Å². The third-order valence-electron chi connectivity index (χ3n) is 4.23. The van der Waals surface area contributed by atoms with Gasteiger partial charge in [-0.1, -0.05) is 48.5 Å². The minimum atomic E-state index is -0.440. The molecular weight excluding hydrogens is 360 g/mol. The molecule has 0 saturated heterocycles. The zero-order valence-corrected chi connectivity index (χ0v) is 16.1. The maximum atomic E-state index is 12.5. The van der Waals surface area contributed by atoms with E-state index in [1.807, 2.05) is 61.5 Å². The third kappa shape index (κ3) is 4.46. The molecule has 1 aliphatic heterocycles. The first-order chi connectivity index (χ1) is 13.1. The van der Waals surface area contributed by atoms with Crippen molar-refractivity contribution < 1.29 is 14.3 Å². The number of hydrogen-bond acceptors (Lipinski definition) is 4. The molecule has 2 aromatic rings. The van der Waals surface area contributed by atoms with Crippen molar-refractivity contribution in [1.29, 1.82) is 0 Å². The Bertz CT molecular complexity index is 865. The average molecular weight is 382 g/mol. The summed E-state index contributed by atoms with van der Waals surface area (Å²) in [6.07, 6.45) is 0. The van der Waals surface area contributed by atoms with E-state index in [-0.39, 0.29) is 5.97 Å². The largest absolute Gasteiger partial charge is 0.489 e. The van der Waals surface area contributed by atoms with E-state index in [2.05, 4.69) is 10.6 Å². The number of thiocarbonyl (C=S) groups is 1. The predicted molar refractivity (Wildman–Crippen MR) is 108 cm³/mol. The Morgan fingerprint density at radius 1 is 1.11 bits per heavy atom. The Balaban J connectivity index is 1.92. The van der Waals surface area contributed by atoms with Gasteiger partial charge in [-0.3, -0.25) is 0 Å². The van der Waals surface area contributed by atoms with Gasteiger partial charge in [0.15, 0.2) is 5.11 Å². The molecule has 2 aromatic carbocycles. The van der Waals surface area contributed by atoms with Crippen LogP contribution in [0.25, 0.3) is 0 Å². The average Bonchev–Trinajstić information content (AvgIpc) is 2.67. The summed E-state index contributed by atoms with van der Waals surface area (Å²) in [5.74, 6) is 0.318. The quantitative estimate of drug-likeness (QED) is 0.588. The number of nitrogens with one attached hydrogen (secondary N) is 2. The molecule has 6 heteroatoms. The molecule has 0 unspecified atom stereocenters. The highest BCUT2D eigenvalue weighted by Crippen LogP contribution is 2.33. The van der Waals surface area contributed by atoms with E-state index in [0.717, 1.165) is 11.1 Å². The number of benzene rings is 2. The minimum absolute atomic E-state index is 0.304. The Morgan fingerprint density at radius 2 is 1.81 bits per heavy atom. The summed E-state index contributed by atoms with van der Waals surface area (Å²) in [6, 6.07) is 17.1. The molecule has 2 N–H and O–H groups in total.